The van der Waals surface area contributed by atoms with E-state index in [0.29, 0.717) is 5.56 Å². The lowest BCUT2D eigenvalue weighted by molar-refractivity contribution is 0.393. The molecule has 0 saturated heterocycles. The highest BCUT2D eigenvalue weighted by Gasteiger charge is 2.03. The Morgan fingerprint density at radius 3 is 2.21 bits per heavy atom. The molecule has 2 rings (SSSR count). The molecule has 0 heterocycles. The highest BCUT2D eigenvalue weighted by Crippen LogP contribution is 2.24. The lowest BCUT2D eigenvalue weighted by Crippen LogP contribution is -1.93. The Kier molecular flexibility index (Phi) is 4.04. The van der Waals surface area contributed by atoms with Crippen molar-refractivity contribution in [2.24, 2.45) is 0 Å². The molecule has 2 aromatic rings. The van der Waals surface area contributed by atoms with Crippen molar-refractivity contribution >= 4 is 0 Å². The van der Waals surface area contributed by atoms with Gasteiger partial charge in [0.2, 0.25) is 0 Å². The minimum Gasteiger partial charge on any atom is -0.497 e. The van der Waals surface area contributed by atoms with Crippen LogP contribution in [0.1, 0.15) is 16.7 Å². The lowest BCUT2D eigenvalue weighted by Gasteiger charge is -2.08. The maximum Gasteiger partial charge on any atom is 0.122 e. The molecule has 0 aliphatic rings. The largest absolute Gasteiger partial charge is 0.497 e. The predicted octanol–water partition coefficient (Wildman–Crippen LogP) is 3.17. The van der Waals surface area contributed by atoms with Gasteiger partial charge in [0, 0.05) is 6.07 Å². The molecule has 0 fully saturated rings. The third-order valence-corrected chi connectivity index (χ3v) is 2.88. The van der Waals surface area contributed by atoms with Gasteiger partial charge in [-0.1, -0.05) is 12.1 Å². The summed E-state index contributed by atoms with van der Waals surface area (Å²) in [7, 11) is 3.27. The molecule has 0 spiro atoms. The van der Waals surface area contributed by atoms with E-state index in [0.717, 1.165) is 29.0 Å². The fourth-order valence-corrected chi connectivity index (χ4v) is 1.95. The average Bonchev–Trinajstić information content (AvgIpc) is 2.47. The summed E-state index contributed by atoms with van der Waals surface area (Å²) in [4.78, 5) is 0. The molecule has 0 aromatic heterocycles. The molecular formula is C16H15NO2. The molecule has 0 atom stereocenters. The fourth-order valence-electron chi connectivity index (χ4n) is 1.95. The van der Waals surface area contributed by atoms with E-state index >= 15 is 0 Å². The van der Waals surface area contributed by atoms with Gasteiger partial charge in [0.05, 0.1) is 25.9 Å². The SMILES string of the molecule is COc1cc(Cc2cccc(C#N)c2)cc(OC)c1. The third-order valence-electron chi connectivity index (χ3n) is 2.88. The summed E-state index contributed by atoms with van der Waals surface area (Å²) in [5.74, 6) is 1.54. The van der Waals surface area contributed by atoms with Gasteiger partial charge in [-0.2, -0.15) is 5.26 Å². The summed E-state index contributed by atoms with van der Waals surface area (Å²) in [5, 5.41) is 8.90. The summed E-state index contributed by atoms with van der Waals surface area (Å²) < 4.78 is 10.5. The van der Waals surface area contributed by atoms with Gasteiger partial charge in [-0.15, -0.1) is 0 Å². The van der Waals surface area contributed by atoms with Crippen molar-refractivity contribution in [2.75, 3.05) is 14.2 Å². The second-order valence-corrected chi connectivity index (χ2v) is 4.21. The Morgan fingerprint density at radius 2 is 1.63 bits per heavy atom. The molecule has 3 heteroatoms. The second-order valence-electron chi connectivity index (χ2n) is 4.21. The van der Waals surface area contributed by atoms with Crippen LogP contribution in [-0.2, 0) is 6.42 Å². The fraction of sp³-hybridized carbons (Fsp3) is 0.188. The van der Waals surface area contributed by atoms with E-state index in [9.17, 15) is 0 Å². The first kappa shape index (κ1) is 13.0. The number of ether oxygens (including phenoxy) is 2. The standard InChI is InChI=1S/C16H15NO2/c1-18-15-8-14(9-16(10-15)19-2)7-12-4-3-5-13(6-12)11-17/h3-6,8-10H,7H2,1-2H3. The molecule has 19 heavy (non-hydrogen) atoms. The lowest BCUT2D eigenvalue weighted by atomic mass is 10.0. The summed E-state index contributed by atoms with van der Waals surface area (Å²) in [6.07, 6.45) is 0.739. The summed E-state index contributed by atoms with van der Waals surface area (Å²) in [6, 6.07) is 15.5. The number of nitrogens with zero attached hydrogens (tertiary/aromatic N) is 1. The maximum atomic E-state index is 8.90. The van der Waals surface area contributed by atoms with E-state index in [-0.39, 0.29) is 0 Å². The molecule has 0 radical (unpaired) electrons. The van der Waals surface area contributed by atoms with Gasteiger partial charge >= 0.3 is 0 Å². The Balaban J connectivity index is 2.29. The monoisotopic (exact) mass is 253 g/mol. The molecule has 0 bridgehead atoms. The normalized spacial score (nSPS) is 9.74. The van der Waals surface area contributed by atoms with Gasteiger partial charge in [0.1, 0.15) is 11.5 Å². The van der Waals surface area contributed by atoms with Crippen LogP contribution in [0, 0.1) is 11.3 Å². The minimum absolute atomic E-state index is 0.673. The Hall–Kier alpha value is -2.47. The highest BCUT2D eigenvalue weighted by atomic mass is 16.5. The van der Waals surface area contributed by atoms with Crippen molar-refractivity contribution in [3.63, 3.8) is 0 Å². The molecule has 0 N–H and O–H groups in total. The second kappa shape index (κ2) is 5.92. The molecular weight excluding hydrogens is 238 g/mol. The molecule has 96 valence electrons. The van der Waals surface area contributed by atoms with Gasteiger partial charge in [-0.3, -0.25) is 0 Å². The molecule has 0 saturated carbocycles. The topological polar surface area (TPSA) is 42.2 Å². The molecule has 0 unspecified atom stereocenters. The minimum atomic E-state index is 0.673. The van der Waals surface area contributed by atoms with Crippen LogP contribution in [0.5, 0.6) is 11.5 Å². The summed E-state index contributed by atoms with van der Waals surface area (Å²) >= 11 is 0. The predicted molar refractivity (Wildman–Crippen MR) is 73.5 cm³/mol. The molecule has 0 aliphatic heterocycles. The van der Waals surface area contributed by atoms with E-state index in [4.69, 9.17) is 14.7 Å². The van der Waals surface area contributed by atoms with Crippen LogP contribution in [-0.4, -0.2) is 14.2 Å². The first-order chi connectivity index (χ1) is 9.25. The van der Waals surface area contributed by atoms with Crippen LogP contribution >= 0.6 is 0 Å². The van der Waals surface area contributed by atoms with E-state index in [1.807, 2.05) is 36.4 Å². The number of hydrogen-bond donors (Lipinski definition) is 0. The van der Waals surface area contributed by atoms with Crippen molar-refractivity contribution in [2.45, 2.75) is 6.42 Å². The molecule has 0 aliphatic carbocycles. The van der Waals surface area contributed by atoms with Gasteiger partial charge in [-0.25, -0.2) is 0 Å². The van der Waals surface area contributed by atoms with Crippen LogP contribution in [0.4, 0.5) is 0 Å². The van der Waals surface area contributed by atoms with Crippen molar-refractivity contribution in [3.05, 3.63) is 59.2 Å². The molecule has 3 nitrogen and oxygen atoms in total. The highest BCUT2D eigenvalue weighted by molar-refractivity contribution is 5.42. The maximum absolute atomic E-state index is 8.90. The van der Waals surface area contributed by atoms with Gasteiger partial charge < -0.3 is 9.47 Å². The summed E-state index contributed by atoms with van der Waals surface area (Å²) in [6.45, 7) is 0. The van der Waals surface area contributed by atoms with Crippen LogP contribution in [0.2, 0.25) is 0 Å². The van der Waals surface area contributed by atoms with Gasteiger partial charge in [0.15, 0.2) is 0 Å². The van der Waals surface area contributed by atoms with Crippen molar-refractivity contribution in [1.82, 2.24) is 0 Å². The van der Waals surface area contributed by atoms with E-state index in [1.165, 1.54) is 0 Å². The average molecular weight is 253 g/mol. The molecule has 2 aromatic carbocycles. The Labute approximate surface area is 113 Å². The zero-order chi connectivity index (χ0) is 13.7. The first-order valence-electron chi connectivity index (χ1n) is 5.96. The number of methoxy groups -OCH3 is 2. The van der Waals surface area contributed by atoms with Crippen molar-refractivity contribution in [1.29, 1.82) is 5.26 Å². The van der Waals surface area contributed by atoms with Crippen molar-refractivity contribution in [3.8, 4) is 17.6 Å². The third kappa shape index (κ3) is 3.26. The number of rotatable bonds is 4. The Morgan fingerprint density at radius 1 is 0.947 bits per heavy atom. The van der Waals surface area contributed by atoms with E-state index in [2.05, 4.69) is 6.07 Å². The Bertz CT molecular complexity index is 592. The van der Waals surface area contributed by atoms with Crippen molar-refractivity contribution < 1.29 is 9.47 Å². The van der Waals surface area contributed by atoms with Crippen LogP contribution in [0.3, 0.4) is 0 Å². The van der Waals surface area contributed by atoms with Gasteiger partial charge in [0.25, 0.3) is 0 Å². The summed E-state index contributed by atoms with van der Waals surface area (Å²) in [5.41, 5.74) is 2.85. The number of nitriles is 1. The zero-order valence-electron chi connectivity index (χ0n) is 11.0. The smallest absolute Gasteiger partial charge is 0.122 e. The quantitative estimate of drug-likeness (QED) is 0.840. The van der Waals surface area contributed by atoms with E-state index in [1.54, 1.807) is 20.3 Å². The number of benzene rings is 2. The van der Waals surface area contributed by atoms with Gasteiger partial charge in [-0.05, 0) is 41.8 Å². The zero-order valence-corrected chi connectivity index (χ0v) is 11.0. The van der Waals surface area contributed by atoms with Crippen LogP contribution in [0.15, 0.2) is 42.5 Å². The van der Waals surface area contributed by atoms with Crippen LogP contribution in [0.25, 0.3) is 0 Å². The van der Waals surface area contributed by atoms with E-state index < -0.39 is 0 Å². The van der Waals surface area contributed by atoms with Crippen LogP contribution < -0.4 is 9.47 Å². The molecule has 0 amide bonds. The first-order valence-corrected chi connectivity index (χ1v) is 5.96. The number of hydrogen-bond acceptors (Lipinski definition) is 3.